The number of benzene rings is 2. The summed E-state index contributed by atoms with van der Waals surface area (Å²) >= 11 is 0. The topological polar surface area (TPSA) is 61.7 Å². The Hall–Kier alpha value is -1.88. The number of hydrogen-bond acceptors (Lipinski definition) is 4. The maximum atomic E-state index is 10.3. The van der Waals surface area contributed by atoms with Crippen LogP contribution in [0.3, 0.4) is 0 Å². The van der Waals surface area contributed by atoms with Gasteiger partial charge >= 0.3 is 0 Å². The average Bonchev–Trinajstić information content (AvgIpc) is 2.75. The molecule has 2 rings (SSSR count). The summed E-state index contributed by atoms with van der Waals surface area (Å²) in [6.07, 6.45) is 6.97. The van der Waals surface area contributed by atoms with E-state index in [2.05, 4.69) is 35.6 Å². The van der Waals surface area contributed by atoms with Gasteiger partial charge in [0.15, 0.2) is 0 Å². The molecule has 3 N–H and O–H groups in total. The number of phenols is 1. The summed E-state index contributed by atoms with van der Waals surface area (Å²) in [5, 5.41) is 23.3. The van der Waals surface area contributed by atoms with Crippen molar-refractivity contribution in [1.82, 2.24) is 5.32 Å². The summed E-state index contributed by atoms with van der Waals surface area (Å²) in [5.74, 6) is 0.302. The third-order valence-corrected chi connectivity index (χ3v) is 5.20. The first-order chi connectivity index (χ1) is 14.2. The van der Waals surface area contributed by atoms with Crippen LogP contribution >= 0.6 is 0 Å². The molecule has 0 aromatic heterocycles. The zero-order chi connectivity index (χ0) is 20.7. The maximum Gasteiger partial charge on any atom is 0.118 e. The fraction of sp³-hybridized carbons (Fsp3) is 0.520. The molecule has 160 valence electrons. The summed E-state index contributed by atoms with van der Waals surface area (Å²) in [6, 6.07) is 15.9. The first kappa shape index (κ1) is 23.4. The second-order valence-corrected chi connectivity index (χ2v) is 7.58. The van der Waals surface area contributed by atoms with Crippen LogP contribution in [0.4, 0.5) is 0 Å². The standard InChI is InChI=1S/C25H37NO3/c1-2-22-19-23(14-15-24(22)27)25(28)20-26-16-8-3-4-9-17-29-18-10-13-21-11-6-5-7-12-21/h5-7,11-12,14-15,19,25-28H,2-4,8-10,13,16-18,20H2,1H3. The number of rotatable bonds is 15. The number of nitrogens with one attached hydrogen (secondary N) is 1. The van der Waals surface area contributed by atoms with Crippen LogP contribution < -0.4 is 5.32 Å². The van der Waals surface area contributed by atoms with Crippen LogP contribution in [0.25, 0.3) is 0 Å². The van der Waals surface area contributed by atoms with E-state index in [4.69, 9.17) is 4.74 Å². The van der Waals surface area contributed by atoms with Gasteiger partial charge in [-0.15, -0.1) is 0 Å². The van der Waals surface area contributed by atoms with Crippen LogP contribution in [0.2, 0.25) is 0 Å². The van der Waals surface area contributed by atoms with Crippen molar-refractivity contribution in [2.75, 3.05) is 26.3 Å². The average molecular weight is 400 g/mol. The summed E-state index contributed by atoms with van der Waals surface area (Å²) in [7, 11) is 0. The second-order valence-electron chi connectivity index (χ2n) is 7.58. The Balaban J connectivity index is 1.41. The van der Waals surface area contributed by atoms with Gasteiger partial charge in [0.25, 0.3) is 0 Å². The third kappa shape index (κ3) is 9.44. The number of ether oxygens (including phenoxy) is 1. The van der Waals surface area contributed by atoms with Crippen LogP contribution in [0, 0.1) is 0 Å². The molecule has 0 spiro atoms. The molecule has 0 fully saturated rings. The van der Waals surface area contributed by atoms with Gasteiger partial charge in [0.05, 0.1) is 6.10 Å². The molecular formula is C25H37NO3. The van der Waals surface area contributed by atoms with Crippen LogP contribution in [0.15, 0.2) is 48.5 Å². The first-order valence-electron chi connectivity index (χ1n) is 11.0. The lowest BCUT2D eigenvalue weighted by Crippen LogP contribution is -2.22. The highest BCUT2D eigenvalue weighted by Crippen LogP contribution is 2.22. The lowest BCUT2D eigenvalue weighted by molar-refractivity contribution is 0.127. The third-order valence-electron chi connectivity index (χ3n) is 5.20. The van der Waals surface area contributed by atoms with Gasteiger partial charge in [-0.2, -0.15) is 0 Å². The molecule has 0 aliphatic heterocycles. The summed E-state index contributed by atoms with van der Waals surface area (Å²) in [4.78, 5) is 0. The Morgan fingerprint density at radius 3 is 2.48 bits per heavy atom. The first-order valence-corrected chi connectivity index (χ1v) is 11.0. The molecule has 0 aliphatic rings. The Kier molecular flexibility index (Phi) is 11.4. The molecule has 2 aromatic carbocycles. The molecule has 0 saturated carbocycles. The highest BCUT2D eigenvalue weighted by molar-refractivity contribution is 5.37. The Bertz CT molecular complexity index is 675. The fourth-order valence-corrected chi connectivity index (χ4v) is 3.39. The van der Waals surface area contributed by atoms with Crippen molar-refractivity contribution in [3.63, 3.8) is 0 Å². The van der Waals surface area contributed by atoms with Gasteiger partial charge in [0, 0.05) is 19.8 Å². The van der Waals surface area contributed by atoms with Crippen LogP contribution in [0.5, 0.6) is 5.75 Å². The number of aromatic hydroxyl groups is 1. The number of aliphatic hydroxyl groups excluding tert-OH is 1. The quantitative estimate of drug-likeness (QED) is 0.377. The molecular weight excluding hydrogens is 362 g/mol. The predicted octanol–water partition coefficient (Wildman–Crippen LogP) is 4.79. The number of hydrogen-bond donors (Lipinski definition) is 3. The zero-order valence-electron chi connectivity index (χ0n) is 17.8. The molecule has 2 aromatic rings. The molecule has 4 heteroatoms. The van der Waals surface area contributed by atoms with Gasteiger partial charge in [-0.1, -0.05) is 56.2 Å². The monoisotopic (exact) mass is 399 g/mol. The normalized spacial score (nSPS) is 12.2. The van der Waals surface area contributed by atoms with E-state index in [0.717, 1.165) is 63.0 Å². The van der Waals surface area contributed by atoms with Crippen molar-refractivity contribution in [2.24, 2.45) is 0 Å². The number of phenolic OH excluding ortho intramolecular Hbond substituents is 1. The van der Waals surface area contributed by atoms with E-state index in [1.807, 2.05) is 13.0 Å². The van der Waals surface area contributed by atoms with Gasteiger partial charge in [-0.05, 0) is 67.5 Å². The number of unbranched alkanes of at least 4 members (excludes halogenated alkanes) is 3. The molecule has 1 atom stereocenters. The minimum absolute atomic E-state index is 0.302. The number of aryl methyl sites for hydroxylation is 2. The largest absolute Gasteiger partial charge is 0.508 e. The van der Waals surface area contributed by atoms with E-state index in [0.29, 0.717) is 12.3 Å². The summed E-state index contributed by atoms with van der Waals surface area (Å²) in [6.45, 7) is 5.14. The van der Waals surface area contributed by atoms with E-state index in [1.165, 1.54) is 18.4 Å². The van der Waals surface area contributed by atoms with Gasteiger partial charge in [0.2, 0.25) is 0 Å². The Morgan fingerprint density at radius 2 is 1.69 bits per heavy atom. The molecule has 0 radical (unpaired) electrons. The highest BCUT2D eigenvalue weighted by Gasteiger charge is 2.09. The van der Waals surface area contributed by atoms with Gasteiger partial charge in [0.1, 0.15) is 5.75 Å². The smallest absolute Gasteiger partial charge is 0.118 e. The lowest BCUT2D eigenvalue weighted by Gasteiger charge is -2.14. The zero-order valence-corrected chi connectivity index (χ0v) is 17.8. The van der Waals surface area contributed by atoms with Crippen molar-refractivity contribution in [2.45, 2.75) is 58.0 Å². The predicted molar refractivity (Wildman–Crippen MR) is 119 cm³/mol. The summed E-state index contributed by atoms with van der Waals surface area (Å²) in [5.41, 5.74) is 3.12. The molecule has 0 bridgehead atoms. The molecule has 4 nitrogen and oxygen atoms in total. The highest BCUT2D eigenvalue weighted by atomic mass is 16.5. The molecule has 1 unspecified atom stereocenters. The van der Waals surface area contributed by atoms with Crippen molar-refractivity contribution < 1.29 is 14.9 Å². The van der Waals surface area contributed by atoms with Crippen molar-refractivity contribution >= 4 is 0 Å². The second kappa shape index (κ2) is 14.2. The van der Waals surface area contributed by atoms with Crippen LogP contribution in [0.1, 0.15) is 61.8 Å². The molecule has 0 aliphatic carbocycles. The minimum Gasteiger partial charge on any atom is -0.508 e. The van der Waals surface area contributed by atoms with Gasteiger partial charge < -0.3 is 20.3 Å². The Morgan fingerprint density at radius 1 is 0.931 bits per heavy atom. The van der Waals surface area contributed by atoms with E-state index in [1.54, 1.807) is 12.1 Å². The van der Waals surface area contributed by atoms with Crippen molar-refractivity contribution in [1.29, 1.82) is 0 Å². The molecule has 0 heterocycles. The van der Waals surface area contributed by atoms with Crippen LogP contribution in [-0.4, -0.2) is 36.5 Å². The van der Waals surface area contributed by atoms with E-state index in [-0.39, 0.29) is 0 Å². The fourth-order valence-electron chi connectivity index (χ4n) is 3.39. The maximum absolute atomic E-state index is 10.3. The molecule has 29 heavy (non-hydrogen) atoms. The minimum atomic E-state index is -0.537. The van der Waals surface area contributed by atoms with Crippen molar-refractivity contribution in [3.8, 4) is 5.75 Å². The van der Waals surface area contributed by atoms with Crippen LogP contribution in [-0.2, 0) is 17.6 Å². The Labute approximate surface area is 175 Å². The van der Waals surface area contributed by atoms with E-state index in [9.17, 15) is 10.2 Å². The lowest BCUT2D eigenvalue weighted by atomic mass is 10.0. The van der Waals surface area contributed by atoms with E-state index < -0.39 is 6.10 Å². The molecule has 0 amide bonds. The van der Waals surface area contributed by atoms with E-state index >= 15 is 0 Å². The summed E-state index contributed by atoms with van der Waals surface area (Å²) < 4.78 is 5.72. The van der Waals surface area contributed by atoms with Gasteiger partial charge in [-0.3, -0.25) is 0 Å². The van der Waals surface area contributed by atoms with Gasteiger partial charge in [-0.25, -0.2) is 0 Å². The molecule has 0 saturated heterocycles. The van der Waals surface area contributed by atoms with Crippen molar-refractivity contribution in [3.05, 3.63) is 65.2 Å². The SMILES string of the molecule is CCc1cc(C(O)CNCCCCCCOCCCc2ccccc2)ccc1O. The number of aliphatic hydroxyl groups is 1.